The standard InChI is InChI=1S/C14H22N2/c1-10-6-7-15-9-14(10)12(3)16-8-11(2)13-4-5-13/h6-7,9,11-13,16H,4-5,8H2,1-3H3. The molecule has 0 aliphatic heterocycles. The minimum Gasteiger partial charge on any atom is -0.310 e. The number of nitrogens with one attached hydrogen (secondary N) is 1. The maximum atomic E-state index is 4.20. The summed E-state index contributed by atoms with van der Waals surface area (Å²) in [5.74, 6) is 1.80. The summed E-state index contributed by atoms with van der Waals surface area (Å²) in [5, 5.41) is 3.62. The Morgan fingerprint density at radius 1 is 1.44 bits per heavy atom. The molecule has 2 nitrogen and oxygen atoms in total. The van der Waals surface area contributed by atoms with Crippen molar-refractivity contribution in [2.75, 3.05) is 6.54 Å². The van der Waals surface area contributed by atoms with Gasteiger partial charge in [0.05, 0.1) is 0 Å². The molecule has 2 rings (SSSR count). The molecule has 1 aromatic heterocycles. The summed E-state index contributed by atoms with van der Waals surface area (Å²) in [6, 6.07) is 2.49. The maximum Gasteiger partial charge on any atom is 0.0318 e. The highest BCUT2D eigenvalue weighted by Crippen LogP contribution is 2.36. The molecule has 1 aromatic rings. The molecule has 0 radical (unpaired) electrons. The lowest BCUT2D eigenvalue weighted by Crippen LogP contribution is -2.25. The van der Waals surface area contributed by atoms with Crippen LogP contribution < -0.4 is 5.32 Å². The minimum atomic E-state index is 0.412. The lowest BCUT2D eigenvalue weighted by molar-refractivity contribution is 0.431. The van der Waals surface area contributed by atoms with Crippen LogP contribution in [0.25, 0.3) is 0 Å². The van der Waals surface area contributed by atoms with Crippen molar-refractivity contribution in [1.82, 2.24) is 10.3 Å². The zero-order valence-corrected chi connectivity index (χ0v) is 10.5. The van der Waals surface area contributed by atoms with E-state index in [-0.39, 0.29) is 0 Å². The van der Waals surface area contributed by atoms with Crippen LogP contribution in [0.3, 0.4) is 0 Å². The molecule has 16 heavy (non-hydrogen) atoms. The minimum absolute atomic E-state index is 0.412. The third-order valence-corrected chi connectivity index (χ3v) is 3.72. The maximum absolute atomic E-state index is 4.20. The van der Waals surface area contributed by atoms with Gasteiger partial charge in [-0.15, -0.1) is 0 Å². The predicted molar refractivity (Wildman–Crippen MR) is 67.3 cm³/mol. The largest absolute Gasteiger partial charge is 0.310 e. The summed E-state index contributed by atoms with van der Waals surface area (Å²) < 4.78 is 0. The van der Waals surface area contributed by atoms with Crippen molar-refractivity contribution in [1.29, 1.82) is 0 Å². The monoisotopic (exact) mass is 218 g/mol. The fraction of sp³-hybridized carbons (Fsp3) is 0.643. The second kappa shape index (κ2) is 4.96. The number of hydrogen-bond acceptors (Lipinski definition) is 2. The second-order valence-electron chi connectivity index (χ2n) is 5.18. The smallest absolute Gasteiger partial charge is 0.0318 e. The SMILES string of the molecule is Cc1ccncc1C(C)NCC(C)C1CC1. The second-order valence-corrected chi connectivity index (χ2v) is 5.18. The van der Waals surface area contributed by atoms with Crippen LogP contribution in [0, 0.1) is 18.8 Å². The zero-order chi connectivity index (χ0) is 11.5. The van der Waals surface area contributed by atoms with Gasteiger partial charge in [-0.05, 0) is 62.3 Å². The third kappa shape index (κ3) is 2.82. The Balaban J connectivity index is 1.87. The van der Waals surface area contributed by atoms with Crippen LogP contribution in [0.5, 0.6) is 0 Å². The molecule has 2 heteroatoms. The number of pyridine rings is 1. The predicted octanol–water partition coefficient (Wildman–Crippen LogP) is 3.09. The van der Waals surface area contributed by atoms with Crippen molar-refractivity contribution in [3.63, 3.8) is 0 Å². The molecular formula is C14H22N2. The molecule has 1 saturated carbocycles. The van der Waals surface area contributed by atoms with E-state index in [4.69, 9.17) is 0 Å². The third-order valence-electron chi connectivity index (χ3n) is 3.72. The van der Waals surface area contributed by atoms with Gasteiger partial charge in [-0.2, -0.15) is 0 Å². The lowest BCUT2D eigenvalue weighted by atomic mass is 10.0. The van der Waals surface area contributed by atoms with Crippen LogP contribution in [-0.2, 0) is 0 Å². The van der Waals surface area contributed by atoms with Gasteiger partial charge in [-0.25, -0.2) is 0 Å². The Morgan fingerprint density at radius 3 is 2.81 bits per heavy atom. The summed E-state index contributed by atoms with van der Waals surface area (Å²) in [4.78, 5) is 4.20. The summed E-state index contributed by atoms with van der Waals surface area (Å²) in [7, 11) is 0. The van der Waals surface area contributed by atoms with E-state index in [1.807, 2.05) is 12.4 Å². The van der Waals surface area contributed by atoms with E-state index in [1.54, 1.807) is 0 Å². The summed E-state index contributed by atoms with van der Waals surface area (Å²) in [6.45, 7) is 7.86. The van der Waals surface area contributed by atoms with Crippen molar-refractivity contribution >= 4 is 0 Å². The van der Waals surface area contributed by atoms with Gasteiger partial charge in [0, 0.05) is 18.4 Å². The van der Waals surface area contributed by atoms with Gasteiger partial charge in [0.2, 0.25) is 0 Å². The number of aryl methyl sites for hydroxylation is 1. The molecule has 0 saturated heterocycles. The van der Waals surface area contributed by atoms with Crippen LogP contribution in [0.4, 0.5) is 0 Å². The van der Waals surface area contributed by atoms with Gasteiger partial charge >= 0.3 is 0 Å². The van der Waals surface area contributed by atoms with E-state index in [0.29, 0.717) is 6.04 Å². The van der Waals surface area contributed by atoms with Crippen LogP contribution >= 0.6 is 0 Å². The van der Waals surface area contributed by atoms with Gasteiger partial charge < -0.3 is 5.32 Å². The van der Waals surface area contributed by atoms with E-state index in [1.165, 1.54) is 24.0 Å². The Labute approximate surface area is 98.5 Å². The molecule has 1 N–H and O–H groups in total. The molecular weight excluding hydrogens is 196 g/mol. The van der Waals surface area contributed by atoms with Crippen molar-refractivity contribution in [2.24, 2.45) is 11.8 Å². The Hall–Kier alpha value is -0.890. The molecule has 1 fully saturated rings. The topological polar surface area (TPSA) is 24.9 Å². The van der Waals surface area contributed by atoms with Gasteiger partial charge in [-0.1, -0.05) is 6.92 Å². The zero-order valence-electron chi connectivity index (χ0n) is 10.5. The van der Waals surface area contributed by atoms with Crippen LogP contribution in [0.2, 0.25) is 0 Å². The van der Waals surface area contributed by atoms with Gasteiger partial charge in [0.1, 0.15) is 0 Å². The summed E-state index contributed by atoms with van der Waals surface area (Å²) in [5.41, 5.74) is 2.65. The number of rotatable bonds is 5. The highest BCUT2D eigenvalue weighted by atomic mass is 14.9. The first-order valence-corrected chi connectivity index (χ1v) is 6.32. The van der Waals surface area contributed by atoms with Crippen LogP contribution in [0.15, 0.2) is 18.5 Å². The fourth-order valence-electron chi connectivity index (χ4n) is 2.23. The molecule has 2 unspecified atom stereocenters. The fourth-order valence-corrected chi connectivity index (χ4v) is 2.23. The van der Waals surface area contributed by atoms with Crippen LogP contribution in [0.1, 0.15) is 43.9 Å². The molecule has 0 spiro atoms. The van der Waals surface area contributed by atoms with E-state index in [2.05, 4.69) is 37.1 Å². The van der Waals surface area contributed by atoms with Gasteiger partial charge in [0.15, 0.2) is 0 Å². The Morgan fingerprint density at radius 2 is 2.19 bits per heavy atom. The molecule has 0 aromatic carbocycles. The molecule has 1 aliphatic carbocycles. The molecule has 0 amide bonds. The molecule has 2 atom stereocenters. The number of nitrogens with zero attached hydrogens (tertiary/aromatic N) is 1. The first-order chi connectivity index (χ1) is 7.68. The van der Waals surface area contributed by atoms with Crippen molar-refractivity contribution < 1.29 is 0 Å². The average Bonchev–Trinajstić information content (AvgIpc) is 3.10. The van der Waals surface area contributed by atoms with E-state index < -0.39 is 0 Å². The highest BCUT2D eigenvalue weighted by Gasteiger charge is 2.27. The number of aromatic nitrogens is 1. The van der Waals surface area contributed by atoms with Crippen LogP contribution in [-0.4, -0.2) is 11.5 Å². The van der Waals surface area contributed by atoms with Crippen molar-refractivity contribution in [2.45, 2.75) is 39.7 Å². The summed E-state index contributed by atoms with van der Waals surface area (Å²) in [6.07, 6.45) is 6.71. The normalized spacial score (nSPS) is 19.4. The molecule has 1 aliphatic rings. The van der Waals surface area contributed by atoms with E-state index in [9.17, 15) is 0 Å². The number of hydrogen-bond donors (Lipinski definition) is 1. The van der Waals surface area contributed by atoms with Crippen molar-refractivity contribution in [3.05, 3.63) is 29.6 Å². The first-order valence-electron chi connectivity index (χ1n) is 6.32. The Bertz CT molecular complexity index is 344. The van der Waals surface area contributed by atoms with E-state index >= 15 is 0 Å². The van der Waals surface area contributed by atoms with Gasteiger partial charge in [0.25, 0.3) is 0 Å². The van der Waals surface area contributed by atoms with Gasteiger partial charge in [-0.3, -0.25) is 4.98 Å². The molecule has 1 heterocycles. The lowest BCUT2D eigenvalue weighted by Gasteiger charge is -2.19. The molecule has 88 valence electrons. The summed E-state index contributed by atoms with van der Waals surface area (Å²) >= 11 is 0. The quantitative estimate of drug-likeness (QED) is 0.821. The van der Waals surface area contributed by atoms with Crippen molar-refractivity contribution in [3.8, 4) is 0 Å². The van der Waals surface area contributed by atoms with E-state index in [0.717, 1.165) is 18.4 Å². The highest BCUT2D eigenvalue weighted by molar-refractivity contribution is 5.24. The molecule has 0 bridgehead atoms. The Kier molecular flexibility index (Phi) is 3.59. The average molecular weight is 218 g/mol. The first kappa shape index (κ1) is 11.6.